The van der Waals surface area contributed by atoms with Gasteiger partial charge in [-0.3, -0.25) is 9.78 Å². The SMILES string of the molecule is O=C(c1ccccn1)N(Cc1cnc[nH]1)c1ccccc1. The summed E-state index contributed by atoms with van der Waals surface area (Å²) in [6.45, 7) is 0.416. The first-order chi connectivity index (χ1) is 10.3. The van der Waals surface area contributed by atoms with Gasteiger partial charge < -0.3 is 9.88 Å². The molecule has 0 atom stereocenters. The summed E-state index contributed by atoms with van der Waals surface area (Å²) in [6, 6.07) is 14.8. The number of rotatable bonds is 4. The zero-order chi connectivity index (χ0) is 14.5. The molecule has 21 heavy (non-hydrogen) atoms. The van der Waals surface area contributed by atoms with E-state index in [1.165, 1.54) is 0 Å². The molecule has 0 spiro atoms. The summed E-state index contributed by atoms with van der Waals surface area (Å²) in [5, 5.41) is 0. The van der Waals surface area contributed by atoms with Crippen LogP contribution in [0.5, 0.6) is 0 Å². The van der Waals surface area contributed by atoms with E-state index in [-0.39, 0.29) is 5.91 Å². The van der Waals surface area contributed by atoms with Gasteiger partial charge in [-0.2, -0.15) is 0 Å². The lowest BCUT2D eigenvalue weighted by molar-refractivity contribution is 0.0980. The number of imidazole rings is 1. The smallest absolute Gasteiger partial charge is 0.277 e. The van der Waals surface area contributed by atoms with Crippen LogP contribution in [-0.2, 0) is 6.54 Å². The summed E-state index contributed by atoms with van der Waals surface area (Å²) >= 11 is 0. The molecule has 0 radical (unpaired) electrons. The number of anilines is 1. The normalized spacial score (nSPS) is 10.3. The molecule has 0 saturated carbocycles. The van der Waals surface area contributed by atoms with Crippen LogP contribution in [0.2, 0.25) is 0 Å². The van der Waals surface area contributed by atoms with Crippen LogP contribution in [0.15, 0.2) is 67.3 Å². The Morgan fingerprint density at radius 2 is 1.90 bits per heavy atom. The minimum atomic E-state index is -0.142. The van der Waals surface area contributed by atoms with Crippen LogP contribution in [-0.4, -0.2) is 20.9 Å². The van der Waals surface area contributed by atoms with Gasteiger partial charge in [0.25, 0.3) is 5.91 Å². The number of H-pyrrole nitrogens is 1. The molecular formula is C16H14N4O. The Kier molecular flexibility index (Phi) is 3.73. The molecule has 0 unspecified atom stereocenters. The van der Waals surface area contributed by atoms with E-state index in [0.29, 0.717) is 12.2 Å². The molecule has 1 amide bonds. The molecule has 3 rings (SSSR count). The lowest BCUT2D eigenvalue weighted by atomic mass is 10.2. The van der Waals surface area contributed by atoms with E-state index in [1.54, 1.807) is 41.8 Å². The maximum atomic E-state index is 12.7. The number of pyridine rings is 1. The van der Waals surface area contributed by atoms with Crippen LogP contribution >= 0.6 is 0 Å². The fourth-order valence-corrected chi connectivity index (χ4v) is 2.06. The number of hydrogen-bond donors (Lipinski definition) is 1. The second-order valence-electron chi connectivity index (χ2n) is 4.52. The van der Waals surface area contributed by atoms with Crippen molar-refractivity contribution in [1.29, 1.82) is 0 Å². The van der Waals surface area contributed by atoms with Crippen LogP contribution in [0.4, 0.5) is 5.69 Å². The average molecular weight is 278 g/mol. The minimum absolute atomic E-state index is 0.142. The molecule has 0 bridgehead atoms. The maximum absolute atomic E-state index is 12.7. The number of aromatic amines is 1. The molecule has 0 saturated heterocycles. The average Bonchev–Trinajstić information content (AvgIpc) is 3.07. The molecule has 2 heterocycles. The maximum Gasteiger partial charge on any atom is 0.277 e. The first-order valence-electron chi connectivity index (χ1n) is 6.60. The molecule has 1 N–H and O–H groups in total. The molecule has 2 aromatic heterocycles. The van der Waals surface area contributed by atoms with Crippen molar-refractivity contribution in [3.63, 3.8) is 0 Å². The zero-order valence-corrected chi connectivity index (χ0v) is 11.3. The molecule has 0 aliphatic carbocycles. The van der Waals surface area contributed by atoms with Gasteiger partial charge in [0.1, 0.15) is 5.69 Å². The summed E-state index contributed by atoms with van der Waals surface area (Å²) < 4.78 is 0. The van der Waals surface area contributed by atoms with E-state index in [4.69, 9.17) is 0 Å². The van der Waals surface area contributed by atoms with E-state index >= 15 is 0 Å². The molecule has 5 heteroatoms. The third kappa shape index (κ3) is 2.97. The van der Waals surface area contributed by atoms with Crippen LogP contribution in [0.25, 0.3) is 0 Å². The fraction of sp³-hybridized carbons (Fsp3) is 0.0625. The Hall–Kier alpha value is -2.95. The molecule has 1 aromatic carbocycles. The number of hydrogen-bond acceptors (Lipinski definition) is 3. The largest absolute Gasteiger partial charge is 0.347 e. The van der Waals surface area contributed by atoms with Gasteiger partial charge in [-0.15, -0.1) is 0 Å². The Morgan fingerprint density at radius 3 is 2.57 bits per heavy atom. The van der Waals surface area contributed by atoms with Gasteiger partial charge in [0.05, 0.1) is 18.6 Å². The zero-order valence-electron chi connectivity index (χ0n) is 11.3. The van der Waals surface area contributed by atoms with Gasteiger partial charge >= 0.3 is 0 Å². The number of nitrogens with zero attached hydrogens (tertiary/aromatic N) is 3. The molecule has 0 aliphatic rings. The number of nitrogens with one attached hydrogen (secondary N) is 1. The van der Waals surface area contributed by atoms with Crippen molar-refractivity contribution >= 4 is 11.6 Å². The number of benzene rings is 1. The third-order valence-corrected chi connectivity index (χ3v) is 3.08. The van der Waals surface area contributed by atoms with Crippen LogP contribution < -0.4 is 4.90 Å². The first-order valence-corrected chi connectivity index (χ1v) is 6.60. The topological polar surface area (TPSA) is 61.9 Å². The monoisotopic (exact) mass is 278 g/mol. The van der Waals surface area contributed by atoms with E-state index < -0.39 is 0 Å². The van der Waals surface area contributed by atoms with Crippen molar-refractivity contribution < 1.29 is 4.79 Å². The second-order valence-corrected chi connectivity index (χ2v) is 4.52. The number of amides is 1. The van der Waals surface area contributed by atoms with E-state index in [0.717, 1.165) is 11.4 Å². The van der Waals surface area contributed by atoms with Crippen molar-refractivity contribution in [3.8, 4) is 0 Å². The molecule has 104 valence electrons. The predicted molar refractivity (Wildman–Crippen MR) is 79.8 cm³/mol. The standard InChI is InChI=1S/C16H14N4O/c21-16(15-8-4-5-9-18-15)20(11-13-10-17-12-19-13)14-6-2-1-3-7-14/h1-10,12H,11H2,(H,17,19). The summed E-state index contributed by atoms with van der Waals surface area (Å²) in [6.07, 6.45) is 4.93. The molecular weight excluding hydrogens is 264 g/mol. The van der Waals surface area contributed by atoms with Gasteiger partial charge in [-0.1, -0.05) is 24.3 Å². The minimum Gasteiger partial charge on any atom is -0.347 e. The number of carbonyl (C=O) groups is 1. The van der Waals surface area contributed by atoms with E-state index in [1.807, 2.05) is 30.3 Å². The molecule has 0 aliphatic heterocycles. The van der Waals surface area contributed by atoms with Gasteiger partial charge in [0.15, 0.2) is 0 Å². The quantitative estimate of drug-likeness (QED) is 0.798. The first kappa shape index (κ1) is 13.1. The van der Waals surface area contributed by atoms with Gasteiger partial charge in [-0.05, 0) is 24.3 Å². The summed E-state index contributed by atoms with van der Waals surface area (Å²) in [4.78, 5) is 25.5. The number of aromatic nitrogens is 3. The lowest BCUT2D eigenvalue weighted by Crippen LogP contribution is -2.31. The van der Waals surface area contributed by atoms with E-state index in [9.17, 15) is 4.79 Å². The highest BCUT2D eigenvalue weighted by molar-refractivity contribution is 6.04. The molecule has 5 nitrogen and oxygen atoms in total. The summed E-state index contributed by atoms with van der Waals surface area (Å²) in [5.41, 5.74) is 2.10. The Labute approximate surface area is 122 Å². The highest BCUT2D eigenvalue weighted by Crippen LogP contribution is 2.18. The predicted octanol–water partition coefficient (Wildman–Crippen LogP) is 2.65. The number of para-hydroxylation sites is 1. The highest BCUT2D eigenvalue weighted by atomic mass is 16.2. The lowest BCUT2D eigenvalue weighted by Gasteiger charge is -2.21. The third-order valence-electron chi connectivity index (χ3n) is 3.08. The number of carbonyl (C=O) groups excluding carboxylic acids is 1. The van der Waals surface area contributed by atoms with Gasteiger partial charge in [0, 0.05) is 18.1 Å². The Balaban J connectivity index is 1.94. The van der Waals surface area contributed by atoms with Gasteiger partial charge in [-0.25, -0.2) is 4.98 Å². The van der Waals surface area contributed by atoms with Crippen LogP contribution in [0.1, 0.15) is 16.2 Å². The van der Waals surface area contributed by atoms with Crippen molar-refractivity contribution in [1.82, 2.24) is 15.0 Å². The molecule has 0 fully saturated rings. The van der Waals surface area contributed by atoms with Crippen LogP contribution in [0.3, 0.4) is 0 Å². The van der Waals surface area contributed by atoms with Crippen molar-refractivity contribution in [2.75, 3.05) is 4.90 Å². The highest BCUT2D eigenvalue weighted by Gasteiger charge is 2.19. The van der Waals surface area contributed by atoms with E-state index in [2.05, 4.69) is 15.0 Å². The van der Waals surface area contributed by atoms with Gasteiger partial charge in [0.2, 0.25) is 0 Å². The van der Waals surface area contributed by atoms with Crippen LogP contribution in [0, 0.1) is 0 Å². The Morgan fingerprint density at radius 1 is 1.10 bits per heavy atom. The fourth-order valence-electron chi connectivity index (χ4n) is 2.06. The summed E-state index contributed by atoms with van der Waals surface area (Å²) in [5.74, 6) is -0.142. The Bertz CT molecular complexity index is 696. The van der Waals surface area contributed by atoms with Crippen molar-refractivity contribution in [2.45, 2.75) is 6.54 Å². The van der Waals surface area contributed by atoms with Crippen molar-refractivity contribution in [3.05, 3.63) is 78.6 Å². The van der Waals surface area contributed by atoms with Crippen molar-refractivity contribution in [2.24, 2.45) is 0 Å². The molecule has 3 aromatic rings. The summed E-state index contributed by atoms with van der Waals surface area (Å²) in [7, 11) is 0. The second kappa shape index (κ2) is 6.00.